The molecule has 0 radical (unpaired) electrons. The van der Waals surface area contributed by atoms with Crippen molar-refractivity contribution in [2.45, 2.75) is 19.3 Å². The number of non-ortho nitro benzene ring substituents is 1. The summed E-state index contributed by atoms with van der Waals surface area (Å²) in [5.41, 5.74) is 1.11. The topological polar surface area (TPSA) is 69.4 Å². The minimum absolute atomic E-state index is 0.0195. The molecule has 0 aliphatic carbocycles. The summed E-state index contributed by atoms with van der Waals surface area (Å²) in [6.07, 6.45) is 2.00. The van der Waals surface area contributed by atoms with E-state index in [0.717, 1.165) is 18.4 Å². The lowest BCUT2D eigenvalue weighted by Crippen LogP contribution is -2.27. The molecular weight excluding hydrogens is 234 g/mol. The average Bonchev–Trinajstić information content (AvgIpc) is 2.38. The van der Waals surface area contributed by atoms with Gasteiger partial charge in [-0.2, -0.15) is 0 Å². The van der Waals surface area contributed by atoms with Gasteiger partial charge in [-0.25, -0.2) is 0 Å². The van der Waals surface area contributed by atoms with Crippen LogP contribution >= 0.6 is 0 Å². The standard InChI is InChI=1S/C13H15NO4/c15-13-7-8-18-9-11(13)4-1-10-2-5-12(6-3-10)14(16)17/h2-3,5-6,11H,1,4,7-9H2. The first kappa shape index (κ1) is 12.7. The fourth-order valence-corrected chi connectivity index (χ4v) is 2.06. The van der Waals surface area contributed by atoms with Crippen LogP contribution < -0.4 is 0 Å². The Kier molecular flexibility index (Phi) is 4.04. The lowest BCUT2D eigenvalue weighted by atomic mass is 9.93. The van der Waals surface area contributed by atoms with Crippen LogP contribution in [0, 0.1) is 16.0 Å². The van der Waals surface area contributed by atoms with Gasteiger partial charge >= 0.3 is 0 Å². The van der Waals surface area contributed by atoms with Crippen LogP contribution in [0.4, 0.5) is 5.69 Å². The van der Waals surface area contributed by atoms with E-state index in [1.165, 1.54) is 12.1 Å². The zero-order valence-corrected chi connectivity index (χ0v) is 10.0. The summed E-state index contributed by atoms with van der Waals surface area (Å²) in [6.45, 7) is 1.04. The average molecular weight is 249 g/mol. The Hall–Kier alpha value is -1.75. The van der Waals surface area contributed by atoms with Crippen LogP contribution in [0.3, 0.4) is 0 Å². The maximum atomic E-state index is 11.6. The van der Waals surface area contributed by atoms with Crippen molar-refractivity contribution in [3.63, 3.8) is 0 Å². The number of carbonyl (C=O) groups excluding carboxylic acids is 1. The van der Waals surface area contributed by atoms with E-state index in [-0.39, 0.29) is 17.4 Å². The summed E-state index contributed by atoms with van der Waals surface area (Å²) in [4.78, 5) is 21.7. The first-order valence-corrected chi connectivity index (χ1v) is 6.00. The van der Waals surface area contributed by atoms with Crippen LogP contribution in [0.15, 0.2) is 24.3 Å². The third-order valence-electron chi connectivity index (χ3n) is 3.20. The molecule has 0 bridgehead atoms. The van der Waals surface area contributed by atoms with Crippen LogP contribution in [-0.4, -0.2) is 23.9 Å². The van der Waals surface area contributed by atoms with Gasteiger partial charge in [-0.1, -0.05) is 12.1 Å². The molecule has 1 fully saturated rings. The van der Waals surface area contributed by atoms with Gasteiger partial charge in [0, 0.05) is 24.5 Å². The zero-order chi connectivity index (χ0) is 13.0. The van der Waals surface area contributed by atoms with Crippen LogP contribution in [0.1, 0.15) is 18.4 Å². The second-order valence-electron chi connectivity index (χ2n) is 4.45. The van der Waals surface area contributed by atoms with E-state index >= 15 is 0 Å². The van der Waals surface area contributed by atoms with Crippen LogP contribution in [0.25, 0.3) is 0 Å². The Labute approximate surface area is 105 Å². The Morgan fingerprint density at radius 1 is 1.33 bits per heavy atom. The maximum Gasteiger partial charge on any atom is 0.269 e. The number of aryl methyl sites for hydroxylation is 1. The maximum absolute atomic E-state index is 11.6. The van der Waals surface area contributed by atoms with Crippen molar-refractivity contribution in [3.8, 4) is 0 Å². The Balaban J connectivity index is 1.89. The summed E-state index contributed by atoms with van der Waals surface area (Å²) < 4.78 is 5.28. The number of hydrogen-bond acceptors (Lipinski definition) is 4. The van der Waals surface area contributed by atoms with Crippen molar-refractivity contribution in [2.75, 3.05) is 13.2 Å². The van der Waals surface area contributed by atoms with E-state index < -0.39 is 4.92 Å². The van der Waals surface area contributed by atoms with E-state index in [1.54, 1.807) is 12.1 Å². The number of nitro groups is 1. The van der Waals surface area contributed by atoms with Crippen LogP contribution in [0.2, 0.25) is 0 Å². The van der Waals surface area contributed by atoms with Crippen molar-refractivity contribution in [1.29, 1.82) is 0 Å². The van der Waals surface area contributed by atoms with E-state index in [9.17, 15) is 14.9 Å². The van der Waals surface area contributed by atoms with E-state index in [0.29, 0.717) is 19.6 Å². The summed E-state index contributed by atoms with van der Waals surface area (Å²) in [5.74, 6) is 0.247. The van der Waals surface area contributed by atoms with Gasteiger partial charge in [0.15, 0.2) is 0 Å². The molecule has 1 unspecified atom stereocenters. The predicted octanol–water partition coefficient (Wildman–Crippen LogP) is 2.13. The molecule has 96 valence electrons. The molecule has 0 N–H and O–H groups in total. The molecule has 0 aromatic heterocycles. The van der Waals surface area contributed by atoms with Gasteiger partial charge in [-0.05, 0) is 18.4 Å². The van der Waals surface area contributed by atoms with Gasteiger partial charge in [-0.3, -0.25) is 14.9 Å². The minimum Gasteiger partial charge on any atom is -0.380 e. The van der Waals surface area contributed by atoms with Gasteiger partial charge in [0.25, 0.3) is 5.69 Å². The first-order valence-electron chi connectivity index (χ1n) is 6.00. The zero-order valence-electron chi connectivity index (χ0n) is 10.0. The van der Waals surface area contributed by atoms with Crippen LogP contribution in [0.5, 0.6) is 0 Å². The molecule has 2 rings (SSSR count). The lowest BCUT2D eigenvalue weighted by molar-refractivity contribution is -0.384. The monoisotopic (exact) mass is 249 g/mol. The van der Waals surface area contributed by atoms with Crippen LogP contribution in [-0.2, 0) is 16.0 Å². The number of nitro benzene ring substituents is 1. The highest BCUT2D eigenvalue weighted by molar-refractivity contribution is 5.81. The van der Waals surface area contributed by atoms with Gasteiger partial charge in [0.2, 0.25) is 0 Å². The number of rotatable bonds is 4. The number of hydrogen-bond donors (Lipinski definition) is 0. The number of ether oxygens (including phenoxy) is 1. The molecular formula is C13H15NO4. The molecule has 1 aromatic rings. The molecule has 5 nitrogen and oxygen atoms in total. The second kappa shape index (κ2) is 5.73. The van der Waals surface area contributed by atoms with Gasteiger partial charge < -0.3 is 4.74 Å². The minimum atomic E-state index is -0.414. The van der Waals surface area contributed by atoms with Crippen molar-refractivity contribution >= 4 is 11.5 Å². The first-order chi connectivity index (χ1) is 8.66. The third kappa shape index (κ3) is 3.13. The van der Waals surface area contributed by atoms with Gasteiger partial charge in [0.05, 0.1) is 18.1 Å². The molecule has 0 saturated carbocycles. The Morgan fingerprint density at radius 2 is 2.06 bits per heavy atom. The highest BCUT2D eigenvalue weighted by atomic mass is 16.6. The molecule has 1 aliphatic heterocycles. The van der Waals surface area contributed by atoms with Gasteiger partial charge in [-0.15, -0.1) is 0 Å². The van der Waals surface area contributed by atoms with Crippen molar-refractivity contribution < 1.29 is 14.5 Å². The van der Waals surface area contributed by atoms with Gasteiger partial charge in [0.1, 0.15) is 5.78 Å². The molecule has 1 aromatic carbocycles. The van der Waals surface area contributed by atoms with Crippen molar-refractivity contribution in [3.05, 3.63) is 39.9 Å². The fourth-order valence-electron chi connectivity index (χ4n) is 2.06. The van der Waals surface area contributed by atoms with Crippen molar-refractivity contribution in [1.82, 2.24) is 0 Å². The van der Waals surface area contributed by atoms with Crippen molar-refractivity contribution in [2.24, 2.45) is 5.92 Å². The lowest BCUT2D eigenvalue weighted by Gasteiger charge is -2.20. The second-order valence-corrected chi connectivity index (χ2v) is 4.45. The molecule has 0 amide bonds. The van der Waals surface area contributed by atoms with E-state index in [4.69, 9.17) is 4.74 Å². The van der Waals surface area contributed by atoms with E-state index in [2.05, 4.69) is 0 Å². The third-order valence-corrected chi connectivity index (χ3v) is 3.20. The molecule has 5 heteroatoms. The number of nitrogens with zero attached hydrogens (tertiary/aromatic N) is 1. The molecule has 0 spiro atoms. The SMILES string of the molecule is O=C1CCOCC1CCc1ccc([N+](=O)[O-])cc1. The molecule has 1 heterocycles. The largest absolute Gasteiger partial charge is 0.380 e. The summed E-state index contributed by atoms with van der Waals surface area (Å²) in [7, 11) is 0. The Morgan fingerprint density at radius 3 is 2.67 bits per heavy atom. The molecule has 18 heavy (non-hydrogen) atoms. The number of Topliss-reactive ketones (excluding diaryl/α,β-unsaturated/α-hetero) is 1. The molecule has 1 saturated heterocycles. The number of ketones is 1. The van der Waals surface area contributed by atoms with E-state index in [1.807, 2.05) is 0 Å². The normalized spacial score (nSPS) is 19.8. The quantitative estimate of drug-likeness (QED) is 0.605. The highest BCUT2D eigenvalue weighted by Crippen LogP contribution is 2.18. The molecule has 1 atom stereocenters. The smallest absolute Gasteiger partial charge is 0.269 e. The number of carbonyl (C=O) groups is 1. The number of benzene rings is 1. The molecule has 1 aliphatic rings. The predicted molar refractivity (Wildman–Crippen MR) is 65.4 cm³/mol. The Bertz CT molecular complexity index is 441. The summed E-state index contributed by atoms with van der Waals surface area (Å²) >= 11 is 0. The summed E-state index contributed by atoms with van der Waals surface area (Å²) in [6, 6.07) is 6.47. The highest BCUT2D eigenvalue weighted by Gasteiger charge is 2.22. The fraction of sp³-hybridized carbons (Fsp3) is 0.462. The summed E-state index contributed by atoms with van der Waals surface area (Å²) in [5, 5.41) is 10.5.